The summed E-state index contributed by atoms with van der Waals surface area (Å²) in [5.74, 6) is 0.848. The van der Waals surface area contributed by atoms with E-state index in [4.69, 9.17) is 9.47 Å². The largest absolute Gasteiger partial charge is 0.486 e. The molecule has 0 saturated carbocycles. The van der Waals surface area contributed by atoms with E-state index in [1.807, 2.05) is 0 Å². The minimum atomic E-state index is -0.311. The van der Waals surface area contributed by atoms with Crippen molar-refractivity contribution < 1.29 is 19.1 Å². The Bertz CT molecular complexity index is 612. The van der Waals surface area contributed by atoms with Crippen molar-refractivity contribution in [2.45, 2.75) is 13.3 Å². The molecule has 2 amide bonds. The Morgan fingerprint density at radius 3 is 2.50 bits per heavy atom. The highest BCUT2D eigenvalue weighted by Crippen LogP contribution is 2.32. The molecule has 2 aliphatic heterocycles. The molecule has 3 rings (SSSR count). The molecular formula is C17H23N3O4. The minimum Gasteiger partial charge on any atom is -0.486 e. The van der Waals surface area contributed by atoms with Gasteiger partial charge < -0.3 is 24.6 Å². The fourth-order valence-electron chi connectivity index (χ4n) is 2.89. The summed E-state index contributed by atoms with van der Waals surface area (Å²) in [7, 11) is 0. The number of carbonyl (C=O) groups is 2. The summed E-state index contributed by atoms with van der Waals surface area (Å²) in [4.78, 5) is 28.4. The van der Waals surface area contributed by atoms with Crippen molar-refractivity contribution in [3.8, 4) is 11.5 Å². The van der Waals surface area contributed by atoms with Gasteiger partial charge in [0.25, 0.3) is 0 Å². The number of anilines is 1. The van der Waals surface area contributed by atoms with E-state index in [1.54, 1.807) is 23.1 Å². The second-order valence-corrected chi connectivity index (χ2v) is 5.90. The number of likely N-dealkylation sites (N-methyl/N-ethyl adjacent to an activating group) is 1. The van der Waals surface area contributed by atoms with Gasteiger partial charge in [0, 0.05) is 37.9 Å². The molecule has 1 aromatic rings. The average Bonchev–Trinajstić information content (AvgIpc) is 2.61. The molecule has 7 heteroatoms. The maximum atomic E-state index is 12.2. The van der Waals surface area contributed by atoms with Crippen LogP contribution in [0.5, 0.6) is 11.5 Å². The number of rotatable bonds is 4. The molecular weight excluding hydrogens is 310 g/mol. The average molecular weight is 333 g/mol. The Hall–Kier alpha value is -2.28. The van der Waals surface area contributed by atoms with Crippen molar-refractivity contribution in [3.05, 3.63) is 18.2 Å². The van der Waals surface area contributed by atoms with E-state index in [-0.39, 0.29) is 18.2 Å². The van der Waals surface area contributed by atoms with E-state index in [0.717, 1.165) is 19.6 Å². The van der Waals surface area contributed by atoms with Crippen LogP contribution in [0.25, 0.3) is 0 Å². The van der Waals surface area contributed by atoms with Crippen LogP contribution in [0.3, 0.4) is 0 Å². The molecule has 2 heterocycles. The maximum Gasteiger partial charge on any atom is 0.233 e. The van der Waals surface area contributed by atoms with E-state index >= 15 is 0 Å². The molecule has 7 nitrogen and oxygen atoms in total. The van der Waals surface area contributed by atoms with Gasteiger partial charge in [-0.25, -0.2) is 0 Å². The highest BCUT2D eigenvalue weighted by atomic mass is 16.6. The monoisotopic (exact) mass is 333 g/mol. The molecule has 0 radical (unpaired) electrons. The Balaban J connectivity index is 1.51. The fourth-order valence-corrected chi connectivity index (χ4v) is 2.89. The summed E-state index contributed by atoms with van der Waals surface area (Å²) >= 11 is 0. The van der Waals surface area contributed by atoms with E-state index in [0.29, 0.717) is 43.5 Å². The first-order valence-corrected chi connectivity index (χ1v) is 8.35. The number of amides is 2. The lowest BCUT2D eigenvalue weighted by molar-refractivity contribution is -0.136. The zero-order chi connectivity index (χ0) is 16.9. The number of hydrogen-bond acceptors (Lipinski definition) is 5. The molecule has 0 bridgehead atoms. The second kappa shape index (κ2) is 7.53. The van der Waals surface area contributed by atoms with E-state index in [9.17, 15) is 9.59 Å². The van der Waals surface area contributed by atoms with Gasteiger partial charge in [-0.2, -0.15) is 0 Å². The maximum absolute atomic E-state index is 12.2. The van der Waals surface area contributed by atoms with Crippen LogP contribution >= 0.6 is 0 Å². The summed E-state index contributed by atoms with van der Waals surface area (Å²) in [6, 6.07) is 5.22. The minimum absolute atomic E-state index is 0.124. The van der Waals surface area contributed by atoms with Gasteiger partial charge in [-0.05, 0) is 18.7 Å². The smallest absolute Gasteiger partial charge is 0.233 e. The Labute approximate surface area is 141 Å². The van der Waals surface area contributed by atoms with E-state index in [2.05, 4.69) is 17.1 Å². The van der Waals surface area contributed by atoms with Gasteiger partial charge in [-0.1, -0.05) is 6.92 Å². The standard InChI is InChI=1S/C17H23N3O4/c1-2-19-5-7-20(8-6-19)17(22)12-16(21)18-13-3-4-14-15(11-13)24-10-9-23-14/h3-4,11H,2,5-10,12H2,1H3,(H,18,21). The van der Waals surface area contributed by atoms with Crippen LogP contribution in [0.15, 0.2) is 18.2 Å². The number of nitrogens with zero attached hydrogens (tertiary/aromatic N) is 2. The van der Waals surface area contributed by atoms with Gasteiger partial charge in [0.15, 0.2) is 11.5 Å². The van der Waals surface area contributed by atoms with Crippen LogP contribution < -0.4 is 14.8 Å². The SMILES string of the molecule is CCN1CCN(C(=O)CC(=O)Nc2ccc3c(c2)OCCO3)CC1. The normalized spacial score (nSPS) is 17.5. The van der Waals surface area contributed by atoms with Crippen LogP contribution in [0.1, 0.15) is 13.3 Å². The van der Waals surface area contributed by atoms with Gasteiger partial charge in [0.2, 0.25) is 11.8 Å². The molecule has 0 atom stereocenters. The number of benzene rings is 1. The third-order valence-corrected chi connectivity index (χ3v) is 4.31. The summed E-state index contributed by atoms with van der Waals surface area (Å²) < 4.78 is 10.9. The summed E-state index contributed by atoms with van der Waals surface area (Å²) in [5, 5.41) is 2.75. The second-order valence-electron chi connectivity index (χ2n) is 5.90. The number of nitrogens with one attached hydrogen (secondary N) is 1. The molecule has 1 fully saturated rings. The van der Waals surface area contributed by atoms with Crippen molar-refractivity contribution in [2.24, 2.45) is 0 Å². The first-order chi connectivity index (χ1) is 11.7. The number of hydrogen-bond donors (Lipinski definition) is 1. The highest BCUT2D eigenvalue weighted by molar-refractivity contribution is 6.03. The quantitative estimate of drug-likeness (QED) is 0.831. The third kappa shape index (κ3) is 3.97. The zero-order valence-corrected chi connectivity index (χ0v) is 13.9. The molecule has 1 aromatic carbocycles. The summed E-state index contributed by atoms with van der Waals surface area (Å²) in [6.07, 6.45) is -0.138. The topological polar surface area (TPSA) is 71.1 Å². The van der Waals surface area contributed by atoms with Crippen LogP contribution in [0.4, 0.5) is 5.69 Å². The molecule has 2 aliphatic rings. The number of carbonyl (C=O) groups excluding carboxylic acids is 2. The number of piperazine rings is 1. The Morgan fingerprint density at radius 1 is 1.08 bits per heavy atom. The molecule has 0 aliphatic carbocycles. The number of ether oxygens (including phenoxy) is 2. The van der Waals surface area contributed by atoms with Crippen molar-refractivity contribution >= 4 is 17.5 Å². The molecule has 0 unspecified atom stereocenters. The highest BCUT2D eigenvalue weighted by Gasteiger charge is 2.22. The van der Waals surface area contributed by atoms with E-state index in [1.165, 1.54) is 0 Å². The molecule has 1 N–H and O–H groups in total. The van der Waals surface area contributed by atoms with Crippen molar-refractivity contribution in [1.82, 2.24) is 9.80 Å². The van der Waals surface area contributed by atoms with Gasteiger partial charge in [-0.3, -0.25) is 9.59 Å². The number of fused-ring (bicyclic) bond motifs is 1. The van der Waals surface area contributed by atoms with Crippen molar-refractivity contribution in [1.29, 1.82) is 0 Å². The Kier molecular flexibility index (Phi) is 5.20. The molecule has 0 aromatic heterocycles. The van der Waals surface area contributed by atoms with E-state index < -0.39 is 0 Å². The summed E-state index contributed by atoms with van der Waals surface area (Å²) in [6.45, 7) is 7.22. The fraction of sp³-hybridized carbons (Fsp3) is 0.529. The Morgan fingerprint density at radius 2 is 1.79 bits per heavy atom. The predicted molar refractivity (Wildman–Crippen MR) is 89.4 cm³/mol. The van der Waals surface area contributed by atoms with Crippen molar-refractivity contribution in [2.75, 3.05) is 51.3 Å². The predicted octanol–water partition coefficient (Wildman–Crippen LogP) is 0.950. The third-order valence-electron chi connectivity index (χ3n) is 4.31. The van der Waals surface area contributed by atoms with Gasteiger partial charge in [-0.15, -0.1) is 0 Å². The first-order valence-electron chi connectivity index (χ1n) is 8.35. The van der Waals surface area contributed by atoms with Crippen LogP contribution in [-0.2, 0) is 9.59 Å². The molecule has 130 valence electrons. The lowest BCUT2D eigenvalue weighted by Gasteiger charge is -2.34. The molecule has 24 heavy (non-hydrogen) atoms. The first kappa shape index (κ1) is 16.6. The molecule has 0 spiro atoms. The van der Waals surface area contributed by atoms with Gasteiger partial charge in [0.1, 0.15) is 19.6 Å². The van der Waals surface area contributed by atoms with Crippen LogP contribution in [0.2, 0.25) is 0 Å². The van der Waals surface area contributed by atoms with Gasteiger partial charge in [0.05, 0.1) is 0 Å². The molecule has 1 saturated heterocycles. The van der Waals surface area contributed by atoms with Crippen LogP contribution in [-0.4, -0.2) is 67.6 Å². The van der Waals surface area contributed by atoms with Crippen molar-refractivity contribution in [3.63, 3.8) is 0 Å². The lowest BCUT2D eigenvalue weighted by Crippen LogP contribution is -2.49. The van der Waals surface area contributed by atoms with Gasteiger partial charge >= 0.3 is 0 Å². The summed E-state index contributed by atoms with van der Waals surface area (Å²) in [5.41, 5.74) is 0.604. The zero-order valence-electron chi connectivity index (χ0n) is 13.9. The van der Waals surface area contributed by atoms with Crippen LogP contribution in [0, 0.1) is 0 Å². The lowest BCUT2D eigenvalue weighted by atomic mass is 10.2.